The molecule has 0 radical (unpaired) electrons. The van der Waals surface area contributed by atoms with E-state index in [9.17, 15) is 18.8 Å². The van der Waals surface area contributed by atoms with Crippen LogP contribution in [0, 0.1) is 11.6 Å². The van der Waals surface area contributed by atoms with Crippen molar-refractivity contribution in [3.05, 3.63) is 111 Å². The van der Waals surface area contributed by atoms with Crippen LogP contribution in [0.2, 0.25) is 0 Å². The number of hydrogen-bond acceptors (Lipinski definition) is 8. The molecule has 0 aliphatic rings. The monoisotopic (exact) mass is 680 g/mol. The van der Waals surface area contributed by atoms with Crippen molar-refractivity contribution in [1.29, 1.82) is 0 Å². The van der Waals surface area contributed by atoms with Crippen molar-refractivity contribution in [1.82, 2.24) is 9.55 Å². The molecule has 0 bridgehead atoms. The highest BCUT2D eigenvalue weighted by molar-refractivity contribution is 9.10. The molecule has 0 spiro atoms. The number of nitrogens with one attached hydrogen (secondary N) is 1. The summed E-state index contributed by atoms with van der Waals surface area (Å²) in [5.41, 5.74) is 4.80. The topological polar surface area (TPSA) is 144 Å². The van der Waals surface area contributed by atoms with Gasteiger partial charge in [0, 0.05) is 39.6 Å². The number of nitrogens with zero attached hydrogens (tertiary/aromatic N) is 2. The normalized spacial score (nSPS) is 10.8. The largest absolute Gasteiger partial charge is 0.493 e. The molecule has 0 saturated heterocycles. The first-order valence-corrected chi connectivity index (χ1v) is 13.8. The van der Waals surface area contributed by atoms with Gasteiger partial charge in [0.15, 0.2) is 23.1 Å². The lowest BCUT2D eigenvalue weighted by Crippen LogP contribution is -2.31. The number of pyridine rings is 2. The number of benzene rings is 3. The van der Waals surface area contributed by atoms with E-state index < -0.39 is 35.8 Å². The molecule has 0 aliphatic heterocycles. The molecule has 11 nitrogen and oxygen atoms in total. The fourth-order valence-corrected chi connectivity index (χ4v) is 4.96. The summed E-state index contributed by atoms with van der Waals surface area (Å²) in [5.74, 6) is -1.18. The summed E-state index contributed by atoms with van der Waals surface area (Å²) in [5, 5.41) is 3.04. The van der Waals surface area contributed by atoms with Gasteiger partial charge in [0.25, 0.3) is 11.5 Å². The molecule has 45 heavy (non-hydrogen) atoms. The minimum Gasteiger partial charge on any atom is -0.493 e. The highest BCUT2D eigenvalue weighted by Gasteiger charge is 2.21. The molecule has 14 heteroatoms. The van der Waals surface area contributed by atoms with Crippen LogP contribution in [0.4, 0.5) is 19.3 Å². The van der Waals surface area contributed by atoms with Crippen molar-refractivity contribution in [2.24, 2.45) is 5.73 Å². The first-order chi connectivity index (χ1) is 21.6. The van der Waals surface area contributed by atoms with Crippen LogP contribution in [0.15, 0.2) is 82.2 Å². The highest BCUT2D eigenvalue weighted by Crippen LogP contribution is 2.37. The maximum atomic E-state index is 15.2. The quantitative estimate of drug-likeness (QED) is 0.191. The molecule has 0 atom stereocenters. The Balaban J connectivity index is 1.44. The zero-order valence-electron chi connectivity index (χ0n) is 23.6. The van der Waals surface area contributed by atoms with E-state index >= 15 is 4.39 Å². The Morgan fingerprint density at radius 1 is 0.933 bits per heavy atom. The van der Waals surface area contributed by atoms with Gasteiger partial charge in [0.1, 0.15) is 23.7 Å². The third kappa shape index (κ3) is 6.55. The fraction of sp³-hybridized carbons (Fsp3) is 0.0968. The van der Waals surface area contributed by atoms with Crippen molar-refractivity contribution in [3.8, 4) is 28.7 Å². The summed E-state index contributed by atoms with van der Waals surface area (Å²) in [6.45, 7) is -0.426. The number of methoxy groups -OCH3 is 2. The van der Waals surface area contributed by atoms with Crippen molar-refractivity contribution in [3.63, 3.8) is 0 Å². The second kappa shape index (κ2) is 13.0. The first-order valence-electron chi connectivity index (χ1n) is 13.0. The number of primary amides is 1. The highest BCUT2D eigenvalue weighted by atomic mass is 79.9. The number of hydrogen-bond donors (Lipinski definition) is 2. The summed E-state index contributed by atoms with van der Waals surface area (Å²) in [6, 6.07) is 14.7. The third-order valence-corrected chi connectivity index (χ3v) is 7.23. The van der Waals surface area contributed by atoms with Gasteiger partial charge in [0.05, 0.1) is 25.4 Å². The molecule has 3 N–H and O–H groups in total. The Labute approximate surface area is 262 Å². The van der Waals surface area contributed by atoms with Gasteiger partial charge in [-0.3, -0.25) is 19.1 Å². The predicted molar refractivity (Wildman–Crippen MR) is 163 cm³/mol. The van der Waals surface area contributed by atoms with Gasteiger partial charge in [-0.05, 0) is 70.5 Å². The van der Waals surface area contributed by atoms with Gasteiger partial charge in [-0.25, -0.2) is 13.6 Å². The van der Waals surface area contributed by atoms with Crippen LogP contribution in [0.5, 0.6) is 23.0 Å². The van der Waals surface area contributed by atoms with E-state index in [1.165, 1.54) is 50.7 Å². The molecule has 5 rings (SSSR count). The average molecular weight is 681 g/mol. The van der Waals surface area contributed by atoms with E-state index in [1.54, 1.807) is 18.2 Å². The molecule has 2 heterocycles. The number of aromatic nitrogens is 2. The molecule has 5 aromatic rings. The zero-order chi connectivity index (χ0) is 32.2. The molecule has 3 aromatic carbocycles. The van der Waals surface area contributed by atoms with E-state index in [4.69, 9.17) is 24.7 Å². The number of amides is 2. The zero-order valence-corrected chi connectivity index (χ0v) is 25.2. The second-order valence-corrected chi connectivity index (χ2v) is 10.2. The van der Waals surface area contributed by atoms with Crippen molar-refractivity contribution < 1.29 is 37.3 Å². The van der Waals surface area contributed by atoms with E-state index in [-0.39, 0.29) is 32.9 Å². The maximum absolute atomic E-state index is 15.2. The SMILES string of the molecule is COc1cc2nccc(Oc3ccc(NC(=O)c4cc(Br)c(COC(N)=O)n(-c5ccc(F)cc5)c4=O)cc3F)c2cc1OC. The Bertz CT molecular complexity index is 2000. The molecular weight excluding hydrogens is 658 g/mol. The van der Waals surface area contributed by atoms with Crippen molar-refractivity contribution in [2.45, 2.75) is 6.61 Å². The van der Waals surface area contributed by atoms with Crippen LogP contribution < -0.4 is 30.8 Å². The number of carbonyl (C=O) groups excluding carboxylic acids is 2. The molecule has 230 valence electrons. The number of carbonyl (C=O) groups is 2. The Morgan fingerprint density at radius 3 is 2.31 bits per heavy atom. The van der Waals surface area contributed by atoms with Gasteiger partial charge in [-0.15, -0.1) is 0 Å². The predicted octanol–water partition coefficient (Wildman–Crippen LogP) is 6.08. The van der Waals surface area contributed by atoms with E-state index in [1.807, 2.05) is 0 Å². The summed E-state index contributed by atoms with van der Waals surface area (Å²) < 4.78 is 51.5. The number of nitrogens with two attached hydrogens (primary N) is 1. The Hall–Kier alpha value is -5.50. The maximum Gasteiger partial charge on any atom is 0.404 e. The first kappa shape index (κ1) is 30.9. The van der Waals surface area contributed by atoms with Crippen LogP contribution >= 0.6 is 15.9 Å². The fourth-order valence-electron chi connectivity index (χ4n) is 4.44. The Morgan fingerprint density at radius 2 is 1.64 bits per heavy atom. The molecule has 0 unspecified atom stereocenters. The molecular formula is C31H23BrF2N4O7. The molecule has 0 aliphatic carbocycles. The lowest BCUT2D eigenvalue weighted by Gasteiger charge is -2.17. The lowest BCUT2D eigenvalue weighted by atomic mass is 10.1. The van der Waals surface area contributed by atoms with Crippen molar-refractivity contribution in [2.75, 3.05) is 19.5 Å². The summed E-state index contributed by atoms with van der Waals surface area (Å²) >= 11 is 3.29. The number of halogens is 3. The van der Waals surface area contributed by atoms with E-state index in [0.717, 1.165) is 22.8 Å². The van der Waals surface area contributed by atoms with Crippen LogP contribution in [0.3, 0.4) is 0 Å². The lowest BCUT2D eigenvalue weighted by molar-refractivity contribution is 0.102. The number of fused-ring (bicyclic) bond motifs is 1. The van der Waals surface area contributed by atoms with Crippen LogP contribution in [-0.2, 0) is 11.3 Å². The minimum atomic E-state index is -1.09. The average Bonchev–Trinajstić information content (AvgIpc) is 3.02. The van der Waals surface area contributed by atoms with Gasteiger partial charge >= 0.3 is 6.09 Å². The smallest absolute Gasteiger partial charge is 0.404 e. The Kier molecular flexibility index (Phi) is 8.95. The number of rotatable bonds is 9. The van der Waals surface area contributed by atoms with Gasteiger partial charge in [0.2, 0.25) is 0 Å². The summed E-state index contributed by atoms with van der Waals surface area (Å²) in [4.78, 5) is 42.3. The number of anilines is 1. The van der Waals surface area contributed by atoms with Crippen LogP contribution in [0.25, 0.3) is 16.6 Å². The van der Waals surface area contributed by atoms with Gasteiger partial charge < -0.3 is 30.0 Å². The van der Waals surface area contributed by atoms with E-state index in [0.29, 0.717) is 28.2 Å². The number of ether oxygens (including phenoxy) is 4. The summed E-state index contributed by atoms with van der Waals surface area (Å²) in [7, 11) is 2.98. The second-order valence-electron chi connectivity index (χ2n) is 9.31. The molecule has 2 amide bonds. The van der Waals surface area contributed by atoms with Gasteiger partial charge in [-0.1, -0.05) is 0 Å². The van der Waals surface area contributed by atoms with Crippen molar-refractivity contribution >= 4 is 44.5 Å². The van der Waals surface area contributed by atoms with E-state index in [2.05, 4.69) is 26.2 Å². The molecule has 0 fully saturated rings. The third-order valence-electron chi connectivity index (χ3n) is 6.55. The van der Waals surface area contributed by atoms with Gasteiger partial charge in [-0.2, -0.15) is 0 Å². The minimum absolute atomic E-state index is 0.0286. The molecule has 2 aromatic heterocycles. The van der Waals surface area contributed by atoms with Crippen LogP contribution in [0.1, 0.15) is 16.1 Å². The summed E-state index contributed by atoms with van der Waals surface area (Å²) in [6.07, 6.45) is 0.409. The standard InChI is InChI=1S/C31H23BrF2N4O7/c1-42-27-13-19-23(14-28(27)43-2)36-10-9-25(19)45-26-8-5-17(11-22(26)34)37-29(39)20-12-21(32)24(15-44-31(35)41)38(30(20)40)18-6-3-16(33)4-7-18/h3-14H,15H2,1-2H3,(H2,35,41)(H,37,39). The van der Waals surface area contributed by atoms with Crippen LogP contribution in [-0.4, -0.2) is 35.8 Å². The molecule has 0 saturated carbocycles.